The van der Waals surface area contributed by atoms with E-state index in [1.165, 1.54) is 0 Å². The number of ether oxygens (including phenoxy) is 1. The molecule has 1 aliphatic rings. The maximum Gasteiger partial charge on any atom is 0.243 e. The molecule has 1 saturated heterocycles. The molecule has 12 heteroatoms. The molecule has 0 unspecified atom stereocenters. The zero-order chi connectivity index (χ0) is 20.4. The lowest BCUT2D eigenvalue weighted by Gasteiger charge is -2.30. The van der Waals surface area contributed by atoms with Crippen LogP contribution in [0.1, 0.15) is 26.7 Å². The second-order valence-corrected chi connectivity index (χ2v) is 8.24. The molecule has 0 spiro atoms. The molecule has 0 saturated carbocycles. The Balaban J connectivity index is 1.56. The van der Waals surface area contributed by atoms with Crippen LogP contribution in [0.5, 0.6) is 5.75 Å². The van der Waals surface area contributed by atoms with Crippen LogP contribution in [-0.2, 0) is 10.7 Å². The van der Waals surface area contributed by atoms with E-state index in [0.717, 1.165) is 31.5 Å². The van der Waals surface area contributed by atoms with Gasteiger partial charge in [0.2, 0.25) is 11.6 Å². The summed E-state index contributed by atoms with van der Waals surface area (Å²) < 4.78 is 29.4. The highest BCUT2D eigenvalue weighted by molar-refractivity contribution is 7.72. The fourth-order valence-electron chi connectivity index (χ4n) is 3.39. The Kier molecular flexibility index (Phi) is 5.62. The molecule has 0 aromatic carbocycles. The average molecular weight is 420 g/mol. The summed E-state index contributed by atoms with van der Waals surface area (Å²) >= 11 is 0. The molecule has 4 rings (SSSR count). The minimum Gasteiger partial charge on any atom is -0.485 e. The lowest BCUT2D eigenvalue weighted by molar-refractivity contribution is 0.244. The number of hydrogen-bond donors (Lipinski definition) is 3. The fraction of sp³-hybridized carbons (Fsp3) is 0.529. The number of anilines is 1. The van der Waals surface area contributed by atoms with Gasteiger partial charge < -0.3 is 10.1 Å². The normalized spacial score (nSPS) is 16.1. The third-order valence-electron chi connectivity index (χ3n) is 4.71. The number of rotatable bonds is 7. The van der Waals surface area contributed by atoms with E-state index < -0.39 is 10.7 Å². The van der Waals surface area contributed by atoms with Crippen molar-refractivity contribution >= 4 is 22.3 Å². The summed E-state index contributed by atoms with van der Waals surface area (Å²) in [7, 11) is -2.38. The van der Waals surface area contributed by atoms with Crippen molar-refractivity contribution in [3.05, 3.63) is 18.7 Å². The minimum absolute atomic E-state index is 0.0569. The summed E-state index contributed by atoms with van der Waals surface area (Å²) in [5.74, 6) is 1.17. The van der Waals surface area contributed by atoms with E-state index in [1.807, 2.05) is 18.7 Å². The number of piperidine rings is 1. The van der Waals surface area contributed by atoms with Gasteiger partial charge in [0.15, 0.2) is 16.5 Å². The van der Waals surface area contributed by atoms with Gasteiger partial charge in [-0.15, -0.1) is 5.10 Å². The van der Waals surface area contributed by atoms with E-state index in [2.05, 4.69) is 30.6 Å². The van der Waals surface area contributed by atoms with Gasteiger partial charge >= 0.3 is 0 Å². The number of aromatic amines is 1. The van der Waals surface area contributed by atoms with E-state index in [4.69, 9.17) is 4.74 Å². The first-order valence-corrected chi connectivity index (χ1v) is 10.9. The van der Waals surface area contributed by atoms with Gasteiger partial charge in [0.25, 0.3) is 0 Å². The first-order valence-electron chi connectivity index (χ1n) is 9.51. The summed E-state index contributed by atoms with van der Waals surface area (Å²) in [5.41, 5.74) is 2.04. The molecule has 29 heavy (non-hydrogen) atoms. The molecule has 0 amide bonds. The lowest BCUT2D eigenvalue weighted by atomic mass is 10.1. The van der Waals surface area contributed by atoms with Gasteiger partial charge in [-0.2, -0.15) is 14.6 Å². The van der Waals surface area contributed by atoms with Crippen LogP contribution in [0.3, 0.4) is 0 Å². The number of fused-ring (bicyclic) bond motifs is 1. The van der Waals surface area contributed by atoms with E-state index >= 15 is 0 Å². The molecule has 0 bridgehead atoms. The predicted molar refractivity (Wildman–Crippen MR) is 108 cm³/mol. The number of thiol groups is 1. The van der Waals surface area contributed by atoms with Crippen molar-refractivity contribution in [3.63, 3.8) is 0 Å². The largest absolute Gasteiger partial charge is 0.485 e. The average Bonchev–Trinajstić information content (AvgIpc) is 3.32. The molecule has 0 atom stereocenters. The number of nitrogens with zero attached hydrogens (tertiary/aromatic N) is 6. The Labute approximate surface area is 169 Å². The first kappa shape index (κ1) is 19.6. The van der Waals surface area contributed by atoms with Crippen LogP contribution in [0.25, 0.3) is 16.9 Å². The van der Waals surface area contributed by atoms with Crippen molar-refractivity contribution in [2.24, 2.45) is 0 Å². The molecule has 1 fully saturated rings. The quantitative estimate of drug-likeness (QED) is 0.474. The summed E-state index contributed by atoms with van der Waals surface area (Å²) in [6.07, 6.45) is 6.64. The van der Waals surface area contributed by atoms with E-state index in [-0.39, 0.29) is 18.0 Å². The summed E-state index contributed by atoms with van der Waals surface area (Å²) in [6.45, 7) is 5.34. The Morgan fingerprint density at radius 3 is 2.79 bits per heavy atom. The van der Waals surface area contributed by atoms with Crippen molar-refractivity contribution in [2.45, 2.75) is 38.8 Å². The first-order chi connectivity index (χ1) is 14.0. The topological polar surface area (TPSA) is 130 Å². The highest BCUT2D eigenvalue weighted by atomic mass is 32.2. The van der Waals surface area contributed by atoms with E-state index in [1.54, 1.807) is 23.2 Å². The molecule has 0 aliphatic carbocycles. The standard InChI is InChI=1S/C17H24N8O3S/c1-11(2)28-15-14(12-7-19-20-8-12)18-9-25-16(15)22-17(23-25)21-13-3-5-24(6-4-13)10-29(26)27/h7-9,11,13,29H,3-6,10H2,1-2H3,(H,19,20)(H,21,23). The number of aromatic nitrogens is 6. The second-order valence-electron chi connectivity index (χ2n) is 7.29. The van der Waals surface area contributed by atoms with Crippen LogP contribution in [0.4, 0.5) is 5.95 Å². The van der Waals surface area contributed by atoms with Crippen LogP contribution < -0.4 is 10.1 Å². The van der Waals surface area contributed by atoms with Crippen LogP contribution >= 0.6 is 0 Å². The van der Waals surface area contributed by atoms with Crippen molar-refractivity contribution in [1.29, 1.82) is 0 Å². The second kappa shape index (κ2) is 8.33. The smallest absolute Gasteiger partial charge is 0.243 e. The minimum atomic E-state index is -2.38. The Morgan fingerprint density at radius 2 is 2.14 bits per heavy atom. The summed E-state index contributed by atoms with van der Waals surface area (Å²) in [6, 6.07) is 0.184. The molecule has 3 aromatic heterocycles. The van der Waals surface area contributed by atoms with E-state index in [0.29, 0.717) is 23.0 Å². The Morgan fingerprint density at radius 1 is 1.34 bits per heavy atom. The molecular formula is C17H24N8O3S. The van der Waals surface area contributed by atoms with Gasteiger partial charge in [0.1, 0.15) is 12.0 Å². The lowest BCUT2D eigenvalue weighted by Crippen LogP contribution is -2.40. The number of nitrogens with one attached hydrogen (secondary N) is 2. The van der Waals surface area contributed by atoms with Crippen molar-refractivity contribution in [2.75, 3.05) is 24.3 Å². The molecule has 11 nitrogen and oxygen atoms in total. The van der Waals surface area contributed by atoms with Gasteiger partial charge in [-0.3, -0.25) is 10.00 Å². The zero-order valence-electron chi connectivity index (χ0n) is 16.3. The third-order valence-corrected chi connectivity index (χ3v) is 5.34. The zero-order valence-corrected chi connectivity index (χ0v) is 17.2. The van der Waals surface area contributed by atoms with Crippen LogP contribution in [0.15, 0.2) is 18.7 Å². The predicted octanol–water partition coefficient (Wildman–Crippen LogP) is 0.747. The molecule has 2 N–H and O–H groups in total. The highest BCUT2D eigenvalue weighted by Crippen LogP contribution is 2.32. The number of H-pyrrole nitrogens is 1. The van der Waals surface area contributed by atoms with Gasteiger partial charge in [-0.25, -0.2) is 13.4 Å². The summed E-state index contributed by atoms with van der Waals surface area (Å²) in [5, 5.41) is 14.6. The van der Waals surface area contributed by atoms with E-state index in [9.17, 15) is 8.42 Å². The fourth-order valence-corrected chi connectivity index (χ4v) is 4.00. The monoisotopic (exact) mass is 420 g/mol. The van der Waals surface area contributed by atoms with Crippen LogP contribution in [0, 0.1) is 0 Å². The molecular weight excluding hydrogens is 396 g/mol. The summed E-state index contributed by atoms with van der Waals surface area (Å²) in [4.78, 5) is 11.1. The van der Waals surface area contributed by atoms with Gasteiger partial charge in [0, 0.05) is 30.9 Å². The Hall–Kier alpha value is -2.73. The van der Waals surface area contributed by atoms with Crippen molar-refractivity contribution in [3.8, 4) is 17.0 Å². The van der Waals surface area contributed by atoms with Crippen molar-refractivity contribution in [1.82, 2.24) is 34.7 Å². The maximum atomic E-state index is 10.9. The molecule has 4 heterocycles. The van der Waals surface area contributed by atoms with Crippen LogP contribution in [0.2, 0.25) is 0 Å². The van der Waals surface area contributed by atoms with Gasteiger partial charge in [-0.05, 0) is 26.7 Å². The van der Waals surface area contributed by atoms with Crippen LogP contribution in [-0.4, -0.2) is 74.2 Å². The SMILES string of the molecule is CC(C)Oc1c(-c2cn[nH]c2)ncn2nc(NC3CCN(C[SH](=O)=O)CC3)nc12. The van der Waals surface area contributed by atoms with Gasteiger partial charge in [-0.1, -0.05) is 0 Å². The molecule has 156 valence electrons. The number of hydrogen-bond acceptors (Lipinski definition) is 9. The molecule has 1 aliphatic heterocycles. The van der Waals surface area contributed by atoms with Gasteiger partial charge in [0.05, 0.1) is 18.2 Å². The molecule has 3 aromatic rings. The Bertz CT molecular complexity index is 1030. The van der Waals surface area contributed by atoms with Crippen molar-refractivity contribution < 1.29 is 13.2 Å². The molecule has 0 radical (unpaired) electrons. The number of likely N-dealkylation sites (tertiary alicyclic amines) is 1. The highest BCUT2D eigenvalue weighted by Gasteiger charge is 2.22. The maximum absolute atomic E-state index is 10.9. The third kappa shape index (κ3) is 4.48.